The number of imidazole rings is 1. The maximum atomic E-state index is 14.3. The second kappa shape index (κ2) is 6.41. The first-order valence-corrected chi connectivity index (χ1v) is 8.07. The molecule has 0 aliphatic carbocycles. The minimum atomic E-state index is -1.03. The Morgan fingerprint density at radius 2 is 1.76 bits per heavy atom. The van der Waals surface area contributed by atoms with Crippen LogP contribution in [0.4, 0.5) is 8.78 Å². The lowest BCUT2D eigenvalue weighted by atomic mass is 10.2. The molecule has 0 unspecified atom stereocenters. The number of aromatic hydroxyl groups is 2. The highest BCUT2D eigenvalue weighted by Crippen LogP contribution is 2.30. The molecule has 0 aliphatic heterocycles. The molecule has 2 aromatic carbocycles. The molecule has 0 fully saturated rings. The number of nitrogens with two attached hydrogens (primary N) is 1. The Morgan fingerprint density at radius 3 is 2.38 bits per heavy atom. The van der Waals surface area contributed by atoms with E-state index in [0.717, 1.165) is 30.3 Å². The Bertz CT molecular complexity index is 1340. The van der Waals surface area contributed by atoms with Crippen molar-refractivity contribution in [3.63, 3.8) is 0 Å². The van der Waals surface area contributed by atoms with Gasteiger partial charge in [-0.15, -0.1) is 0 Å². The largest absolute Gasteiger partial charge is 0.504 e. The lowest BCUT2D eigenvalue weighted by molar-refractivity contribution is 0.0997. The van der Waals surface area contributed by atoms with Gasteiger partial charge < -0.3 is 20.9 Å². The molecule has 146 valence electrons. The van der Waals surface area contributed by atoms with Crippen molar-refractivity contribution in [1.29, 1.82) is 0 Å². The summed E-state index contributed by atoms with van der Waals surface area (Å²) in [5.41, 5.74) is 2.92. The van der Waals surface area contributed by atoms with Crippen LogP contribution < -0.4 is 11.4 Å². The minimum Gasteiger partial charge on any atom is -0.504 e. The molecule has 2 heterocycles. The Balaban J connectivity index is 2.11. The molecule has 0 saturated heterocycles. The summed E-state index contributed by atoms with van der Waals surface area (Å²) >= 11 is 0. The first-order valence-electron chi connectivity index (χ1n) is 8.07. The standard InChI is InChI=1S/C18H11F2N5O4/c19-8-2-1-3-9(20)14(8)25-17-13(23-18(25)29)12(15(21)28)22-16(24-17)7-4-5-10(26)11(27)6-7/h1-6,26-27H,(H2,21,28)(H,23,29). The molecule has 0 radical (unpaired) electrons. The maximum absolute atomic E-state index is 14.3. The van der Waals surface area contributed by atoms with Gasteiger partial charge in [-0.25, -0.2) is 28.1 Å². The topological polar surface area (TPSA) is 147 Å². The van der Waals surface area contributed by atoms with Crippen LogP contribution >= 0.6 is 0 Å². The van der Waals surface area contributed by atoms with Crippen LogP contribution in [-0.2, 0) is 0 Å². The third kappa shape index (κ3) is 2.84. The molecule has 11 heteroatoms. The van der Waals surface area contributed by atoms with Crippen molar-refractivity contribution in [1.82, 2.24) is 19.5 Å². The van der Waals surface area contributed by atoms with Crippen LogP contribution in [0.2, 0.25) is 0 Å². The number of halogens is 2. The fraction of sp³-hybridized carbons (Fsp3) is 0. The molecule has 4 aromatic rings. The number of carbonyl (C=O) groups excluding carboxylic acids is 1. The number of nitrogens with one attached hydrogen (secondary N) is 1. The number of phenolic OH excluding ortho intramolecular Hbond substituents is 2. The predicted molar refractivity (Wildman–Crippen MR) is 96.7 cm³/mol. The summed E-state index contributed by atoms with van der Waals surface area (Å²) in [4.78, 5) is 34.7. The molecule has 0 aliphatic rings. The van der Waals surface area contributed by atoms with E-state index in [1.807, 2.05) is 0 Å². The van der Waals surface area contributed by atoms with Gasteiger partial charge in [0, 0.05) is 5.56 Å². The summed E-state index contributed by atoms with van der Waals surface area (Å²) in [5.74, 6) is -4.15. The molecular formula is C18H11F2N5O4. The third-order valence-electron chi connectivity index (χ3n) is 4.16. The van der Waals surface area contributed by atoms with E-state index in [0.29, 0.717) is 4.57 Å². The van der Waals surface area contributed by atoms with Gasteiger partial charge in [0.25, 0.3) is 5.91 Å². The first-order chi connectivity index (χ1) is 13.8. The van der Waals surface area contributed by atoms with Gasteiger partial charge >= 0.3 is 5.69 Å². The van der Waals surface area contributed by atoms with E-state index in [4.69, 9.17) is 5.73 Å². The van der Waals surface area contributed by atoms with Crippen molar-refractivity contribution in [2.45, 2.75) is 0 Å². The van der Waals surface area contributed by atoms with Gasteiger partial charge in [-0.05, 0) is 30.3 Å². The number of aromatic nitrogens is 4. The van der Waals surface area contributed by atoms with Crippen molar-refractivity contribution in [3.05, 3.63) is 64.2 Å². The maximum Gasteiger partial charge on any atom is 0.332 e. The second-order valence-electron chi connectivity index (χ2n) is 6.00. The second-order valence-corrected chi connectivity index (χ2v) is 6.00. The monoisotopic (exact) mass is 399 g/mol. The Morgan fingerprint density at radius 1 is 1.07 bits per heavy atom. The molecule has 5 N–H and O–H groups in total. The zero-order valence-corrected chi connectivity index (χ0v) is 14.3. The van der Waals surface area contributed by atoms with E-state index in [1.165, 1.54) is 6.07 Å². The number of hydrogen-bond acceptors (Lipinski definition) is 6. The highest BCUT2D eigenvalue weighted by atomic mass is 19.1. The van der Waals surface area contributed by atoms with E-state index < -0.39 is 46.1 Å². The normalized spacial score (nSPS) is 11.1. The van der Waals surface area contributed by atoms with E-state index in [9.17, 15) is 28.6 Å². The third-order valence-corrected chi connectivity index (χ3v) is 4.16. The van der Waals surface area contributed by atoms with Gasteiger partial charge in [-0.2, -0.15) is 0 Å². The molecule has 0 spiro atoms. The summed E-state index contributed by atoms with van der Waals surface area (Å²) < 4.78 is 29.2. The van der Waals surface area contributed by atoms with Gasteiger partial charge in [0.1, 0.15) is 22.8 Å². The van der Waals surface area contributed by atoms with Gasteiger partial charge in [-0.1, -0.05) is 6.07 Å². The summed E-state index contributed by atoms with van der Waals surface area (Å²) in [6, 6.07) is 6.64. The number of para-hydroxylation sites is 1. The van der Waals surface area contributed by atoms with Crippen LogP contribution in [0.3, 0.4) is 0 Å². The molecule has 4 rings (SSSR count). The van der Waals surface area contributed by atoms with Crippen LogP contribution in [0, 0.1) is 11.6 Å². The number of rotatable bonds is 3. The van der Waals surface area contributed by atoms with Gasteiger partial charge in [0.15, 0.2) is 28.7 Å². The number of benzene rings is 2. The van der Waals surface area contributed by atoms with Crippen LogP contribution in [0.1, 0.15) is 10.5 Å². The first kappa shape index (κ1) is 18.1. The zero-order chi connectivity index (χ0) is 20.9. The lowest BCUT2D eigenvalue weighted by Gasteiger charge is -2.08. The number of phenols is 2. The van der Waals surface area contributed by atoms with Crippen LogP contribution in [0.25, 0.3) is 28.2 Å². The quantitative estimate of drug-likeness (QED) is 0.385. The van der Waals surface area contributed by atoms with Gasteiger partial charge in [0.2, 0.25) is 0 Å². The fourth-order valence-electron chi connectivity index (χ4n) is 2.86. The smallest absolute Gasteiger partial charge is 0.332 e. The number of hydrogen-bond donors (Lipinski definition) is 4. The van der Waals surface area contributed by atoms with E-state index in [-0.39, 0.29) is 22.6 Å². The molecule has 9 nitrogen and oxygen atoms in total. The molecule has 29 heavy (non-hydrogen) atoms. The fourth-order valence-corrected chi connectivity index (χ4v) is 2.86. The number of H-pyrrole nitrogens is 1. The average molecular weight is 399 g/mol. The number of primary amides is 1. The van der Waals surface area contributed by atoms with Crippen LogP contribution in [0.15, 0.2) is 41.2 Å². The number of fused-ring (bicyclic) bond motifs is 1. The van der Waals surface area contributed by atoms with Gasteiger partial charge in [0.05, 0.1) is 0 Å². The number of carbonyl (C=O) groups is 1. The molecular weight excluding hydrogens is 388 g/mol. The van der Waals surface area contributed by atoms with Crippen molar-refractivity contribution >= 4 is 17.1 Å². The summed E-state index contributed by atoms with van der Waals surface area (Å²) in [6.45, 7) is 0. The molecule has 0 saturated carbocycles. The van der Waals surface area contributed by atoms with Crippen molar-refractivity contribution in [2.75, 3.05) is 0 Å². The highest BCUT2D eigenvalue weighted by molar-refractivity contribution is 6.02. The SMILES string of the molecule is NC(=O)c1nc(-c2ccc(O)c(O)c2)nc2c1[nH]c(=O)n2-c1c(F)cccc1F. The Labute approximate surface area is 159 Å². The summed E-state index contributed by atoms with van der Waals surface area (Å²) in [7, 11) is 0. The average Bonchev–Trinajstić information content (AvgIpc) is 2.99. The molecule has 1 amide bonds. The Hall–Kier alpha value is -4.28. The summed E-state index contributed by atoms with van der Waals surface area (Å²) in [6.07, 6.45) is 0. The van der Waals surface area contributed by atoms with E-state index >= 15 is 0 Å². The zero-order valence-electron chi connectivity index (χ0n) is 14.3. The lowest BCUT2D eigenvalue weighted by Crippen LogP contribution is -2.17. The molecule has 0 bridgehead atoms. The highest BCUT2D eigenvalue weighted by Gasteiger charge is 2.23. The number of aromatic amines is 1. The van der Waals surface area contributed by atoms with E-state index in [1.54, 1.807) is 0 Å². The van der Waals surface area contributed by atoms with Crippen molar-refractivity contribution in [3.8, 4) is 28.6 Å². The van der Waals surface area contributed by atoms with Crippen LogP contribution in [0.5, 0.6) is 11.5 Å². The Kier molecular flexibility index (Phi) is 4.00. The van der Waals surface area contributed by atoms with Crippen LogP contribution in [-0.4, -0.2) is 35.6 Å². The molecule has 0 atom stereocenters. The minimum absolute atomic E-state index is 0.152. The van der Waals surface area contributed by atoms with Gasteiger partial charge in [-0.3, -0.25) is 4.79 Å². The summed E-state index contributed by atoms with van der Waals surface area (Å²) in [5, 5.41) is 19.2. The number of amides is 1. The van der Waals surface area contributed by atoms with Crippen molar-refractivity contribution in [2.24, 2.45) is 5.73 Å². The predicted octanol–water partition coefficient (Wildman–Crippen LogP) is 1.56. The number of nitrogens with zero attached hydrogens (tertiary/aromatic N) is 3. The van der Waals surface area contributed by atoms with E-state index in [2.05, 4.69) is 15.0 Å². The molecule has 2 aromatic heterocycles. The van der Waals surface area contributed by atoms with Crippen molar-refractivity contribution < 1.29 is 23.8 Å².